The van der Waals surface area contributed by atoms with Gasteiger partial charge in [-0.15, -0.1) is 5.10 Å². The van der Waals surface area contributed by atoms with Gasteiger partial charge in [-0.2, -0.15) is 0 Å². The summed E-state index contributed by atoms with van der Waals surface area (Å²) in [7, 11) is 0. The molecular formula is C8H12N2OS. The number of hydrogen-bond donors (Lipinski definition) is 1. The van der Waals surface area contributed by atoms with Crippen molar-refractivity contribution in [2.75, 3.05) is 0 Å². The van der Waals surface area contributed by atoms with Crippen molar-refractivity contribution in [2.24, 2.45) is 5.92 Å². The van der Waals surface area contributed by atoms with Crippen molar-refractivity contribution in [3.63, 3.8) is 0 Å². The summed E-state index contributed by atoms with van der Waals surface area (Å²) >= 11 is 1.30. The molecule has 0 aromatic carbocycles. The van der Waals surface area contributed by atoms with Crippen molar-refractivity contribution < 1.29 is 5.11 Å². The molecule has 1 aliphatic carbocycles. The maximum absolute atomic E-state index is 9.68. The minimum atomic E-state index is -0.324. The van der Waals surface area contributed by atoms with Crippen molar-refractivity contribution in [3.05, 3.63) is 11.1 Å². The minimum absolute atomic E-state index is 0.324. The Morgan fingerprint density at radius 1 is 1.67 bits per heavy atom. The van der Waals surface area contributed by atoms with Gasteiger partial charge in [-0.1, -0.05) is 23.8 Å². The highest BCUT2D eigenvalue weighted by molar-refractivity contribution is 7.05. The summed E-state index contributed by atoms with van der Waals surface area (Å²) < 4.78 is 3.73. The topological polar surface area (TPSA) is 46.0 Å². The zero-order chi connectivity index (χ0) is 8.39. The van der Waals surface area contributed by atoms with Crippen LogP contribution < -0.4 is 0 Å². The lowest BCUT2D eigenvalue weighted by Gasteiger charge is -2.26. The van der Waals surface area contributed by atoms with Crippen LogP contribution in [-0.2, 0) is 0 Å². The number of aromatic nitrogens is 2. The van der Waals surface area contributed by atoms with Crippen LogP contribution in [0.3, 0.4) is 0 Å². The molecule has 1 aromatic rings. The van der Waals surface area contributed by atoms with E-state index in [9.17, 15) is 5.11 Å². The Morgan fingerprint density at radius 2 is 2.50 bits per heavy atom. The summed E-state index contributed by atoms with van der Waals surface area (Å²) in [5.74, 6) is 0.738. The molecule has 2 rings (SSSR count). The van der Waals surface area contributed by atoms with Crippen LogP contribution in [0, 0.1) is 5.92 Å². The Hall–Kier alpha value is -0.480. The maximum Gasteiger partial charge on any atom is 0.0916 e. The predicted molar refractivity (Wildman–Crippen MR) is 46.8 cm³/mol. The van der Waals surface area contributed by atoms with Crippen LogP contribution in [0.2, 0.25) is 0 Å². The second-order valence-electron chi connectivity index (χ2n) is 3.37. The van der Waals surface area contributed by atoms with Gasteiger partial charge in [0.25, 0.3) is 0 Å². The van der Waals surface area contributed by atoms with Gasteiger partial charge in [0, 0.05) is 0 Å². The van der Waals surface area contributed by atoms with Gasteiger partial charge in [0.1, 0.15) is 0 Å². The van der Waals surface area contributed by atoms with Crippen LogP contribution >= 0.6 is 11.5 Å². The number of aliphatic hydroxyl groups is 1. The molecule has 12 heavy (non-hydrogen) atoms. The van der Waals surface area contributed by atoms with Gasteiger partial charge in [-0.3, -0.25) is 0 Å². The van der Waals surface area contributed by atoms with E-state index < -0.39 is 0 Å². The molecule has 1 aliphatic rings. The van der Waals surface area contributed by atoms with Crippen LogP contribution in [0.5, 0.6) is 0 Å². The van der Waals surface area contributed by atoms with E-state index in [-0.39, 0.29) is 6.10 Å². The first kappa shape index (κ1) is 8.13. The van der Waals surface area contributed by atoms with E-state index in [1.54, 1.807) is 6.20 Å². The molecule has 4 heteroatoms. The molecule has 1 aromatic heterocycles. The van der Waals surface area contributed by atoms with Crippen LogP contribution in [0.4, 0.5) is 0 Å². The lowest BCUT2D eigenvalue weighted by Crippen LogP contribution is -2.14. The summed E-state index contributed by atoms with van der Waals surface area (Å²) in [5.41, 5.74) is 0. The van der Waals surface area contributed by atoms with Gasteiger partial charge in [-0.05, 0) is 23.9 Å². The summed E-state index contributed by atoms with van der Waals surface area (Å²) in [6, 6.07) is 0. The van der Waals surface area contributed by atoms with Crippen molar-refractivity contribution in [2.45, 2.75) is 31.8 Å². The number of nitrogens with zero attached hydrogens (tertiary/aromatic N) is 2. The second-order valence-corrected chi connectivity index (χ2v) is 4.19. The summed E-state index contributed by atoms with van der Waals surface area (Å²) in [4.78, 5) is 0.905. The fraction of sp³-hybridized carbons (Fsp3) is 0.750. The molecule has 1 unspecified atom stereocenters. The molecule has 0 amide bonds. The van der Waals surface area contributed by atoms with E-state index in [0.717, 1.165) is 17.2 Å². The van der Waals surface area contributed by atoms with E-state index in [0.29, 0.717) is 0 Å². The predicted octanol–water partition coefficient (Wildman–Crippen LogP) is 1.76. The monoisotopic (exact) mass is 184 g/mol. The zero-order valence-electron chi connectivity index (χ0n) is 6.81. The fourth-order valence-electron chi connectivity index (χ4n) is 1.48. The average molecular weight is 184 g/mol. The number of hydrogen-bond acceptors (Lipinski definition) is 4. The first-order valence-electron chi connectivity index (χ1n) is 4.31. The molecule has 1 fully saturated rings. The smallest absolute Gasteiger partial charge is 0.0916 e. The van der Waals surface area contributed by atoms with Crippen molar-refractivity contribution >= 4 is 11.5 Å². The first-order valence-corrected chi connectivity index (χ1v) is 5.09. The number of aliphatic hydroxyl groups excluding tert-OH is 1. The Labute approximate surface area is 75.6 Å². The van der Waals surface area contributed by atoms with Crippen LogP contribution in [0.25, 0.3) is 0 Å². The molecule has 1 atom stereocenters. The highest BCUT2D eigenvalue weighted by Gasteiger charge is 2.22. The zero-order valence-corrected chi connectivity index (χ0v) is 7.63. The molecule has 1 N–H and O–H groups in total. The fourth-order valence-corrected chi connectivity index (χ4v) is 1.98. The average Bonchev–Trinajstić information content (AvgIpc) is 2.47. The molecule has 0 aliphatic heterocycles. The van der Waals surface area contributed by atoms with E-state index in [1.165, 1.54) is 30.8 Å². The molecule has 1 heterocycles. The Morgan fingerprint density at radius 3 is 3.00 bits per heavy atom. The molecule has 0 saturated heterocycles. The standard InChI is InChI=1S/C8H12N2OS/c11-7(4-6-2-1-3-6)8-5-9-10-12-8/h5-7,11H,1-4H2. The first-order chi connectivity index (χ1) is 5.86. The van der Waals surface area contributed by atoms with Crippen LogP contribution in [0.1, 0.15) is 36.7 Å². The van der Waals surface area contributed by atoms with Crippen molar-refractivity contribution in [1.29, 1.82) is 0 Å². The van der Waals surface area contributed by atoms with Gasteiger partial charge in [0.2, 0.25) is 0 Å². The van der Waals surface area contributed by atoms with Gasteiger partial charge in [0.05, 0.1) is 17.2 Å². The normalized spacial score (nSPS) is 20.4. The van der Waals surface area contributed by atoms with E-state index >= 15 is 0 Å². The highest BCUT2D eigenvalue weighted by Crippen LogP contribution is 2.34. The highest BCUT2D eigenvalue weighted by atomic mass is 32.1. The molecular weight excluding hydrogens is 172 g/mol. The van der Waals surface area contributed by atoms with Crippen LogP contribution in [0.15, 0.2) is 6.20 Å². The molecule has 0 radical (unpaired) electrons. The minimum Gasteiger partial charge on any atom is -0.387 e. The summed E-state index contributed by atoms with van der Waals surface area (Å²) in [5, 5.41) is 13.4. The van der Waals surface area contributed by atoms with E-state index in [1.807, 2.05) is 0 Å². The van der Waals surface area contributed by atoms with Gasteiger partial charge in [0.15, 0.2) is 0 Å². The maximum atomic E-state index is 9.68. The third-order valence-electron chi connectivity index (χ3n) is 2.49. The molecule has 3 nitrogen and oxygen atoms in total. The largest absolute Gasteiger partial charge is 0.387 e. The second kappa shape index (κ2) is 3.49. The lowest BCUT2D eigenvalue weighted by atomic mass is 9.81. The van der Waals surface area contributed by atoms with Gasteiger partial charge >= 0.3 is 0 Å². The van der Waals surface area contributed by atoms with Gasteiger partial charge < -0.3 is 5.11 Å². The third-order valence-corrected chi connectivity index (χ3v) is 3.25. The third kappa shape index (κ3) is 1.64. The van der Waals surface area contributed by atoms with E-state index in [2.05, 4.69) is 9.59 Å². The molecule has 1 saturated carbocycles. The molecule has 0 bridgehead atoms. The van der Waals surface area contributed by atoms with Crippen molar-refractivity contribution in [1.82, 2.24) is 9.59 Å². The van der Waals surface area contributed by atoms with Gasteiger partial charge in [-0.25, -0.2) is 0 Å². The quantitative estimate of drug-likeness (QED) is 0.778. The number of rotatable bonds is 3. The Kier molecular flexibility index (Phi) is 2.37. The van der Waals surface area contributed by atoms with E-state index in [4.69, 9.17) is 0 Å². The Bertz CT molecular complexity index is 233. The van der Waals surface area contributed by atoms with Crippen LogP contribution in [-0.4, -0.2) is 14.7 Å². The molecule has 0 spiro atoms. The Balaban J connectivity index is 1.87. The van der Waals surface area contributed by atoms with Crippen molar-refractivity contribution in [3.8, 4) is 0 Å². The lowest BCUT2D eigenvalue weighted by molar-refractivity contribution is 0.121. The SMILES string of the molecule is OC(CC1CCC1)c1cnns1. The summed E-state index contributed by atoms with van der Waals surface area (Å²) in [6.45, 7) is 0. The molecule has 66 valence electrons. The summed E-state index contributed by atoms with van der Waals surface area (Å²) in [6.07, 6.45) is 6.12.